The van der Waals surface area contributed by atoms with Gasteiger partial charge in [-0.1, -0.05) is 43.3 Å². The Labute approximate surface area is 169 Å². The summed E-state index contributed by atoms with van der Waals surface area (Å²) in [6, 6.07) is 17.4. The van der Waals surface area contributed by atoms with Gasteiger partial charge in [-0.25, -0.2) is 0 Å². The topological polar surface area (TPSA) is 65.2 Å². The Morgan fingerprint density at radius 1 is 1.11 bits per heavy atom. The third kappa shape index (κ3) is 5.18. The summed E-state index contributed by atoms with van der Waals surface area (Å²) >= 11 is 1.58. The van der Waals surface area contributed by atoms with Gasteiger partial charge in [0.1, 0.15) is 5.56 Å². The second-order valence-electron chi connectivity index (χ2n) is 6.73. The van der Waals surface area contributed by atoms with E-state index in [1.807, 2.05) is 48.7 Å². The third-order valence-electron chi connectivity index (χ3n) is 4.62. The minimum atomic E-state index is -0.357. The van der Waals surface area contributed by atoms with Gasteiger partial charge < -0.3 is 10.3 Å². The molecule has 146 valence electrons. The molecule has 0 aliphatic heterocycles. The largest absolute Gasteiger partial charge is 0.345 e. The summed E-state index contributed by atoms with van der Waals surface area (Å²) in [6.45, 7) is 6.29. The van der Waals surface area contributed by atoms with Crippen molar-refractivity contribution in [3.8, 4) is 0 Å². The lowest BCUT2D eigenvalue weighted by Crippen LogP contribution is -2.32. The molecule has 28 heavy (non-hydrogen) atoms. The molecule has 3 aromatic rings. The minimum Gasteiger partial charge on any atom is -0.345 e. The summed E-state index contributed by atoms with van der Waals surface area (Å²) < 4.78 is 0. The quantitative estimate of drug-likeness (QED) is 0.607. The molecule has 3 rings (SSSR count). The smallest absolute Gasteiger partial charge is 0.261 e. The maximum absolute atomic E-state index is 12.5. The summed E-state index contributed by atoms with van der Waals surface area (Å²) in [5, 5.41) is 4.85. The molecule has 0 saturated carbocycles. The lowest BCUT2D eigenvalue weighted by atomic mass is 10.2. The highest BCUT2D eigenvalue weighted by molar-refractivity contribution is 7.10. The third-order valence-corrected chi connectivity index (χ3v) is 5.68. The first-order chi connectivity index (χ1) is 13.6. The Balaban J connectivity index is 1.66. The van der Waals surface area contributed by atoms with Crippen molar-refractivity contribution in [2.45, 2.75) is 33.0 Å². The van der Waals surface area contributed by atoms with Crippen LogP contribution in [0.25, 0.3) is 0 Å². The highest BCUT2D eigenvalue weighted by atomic mass is 32.1. The normalized spacial score (nSPS) is 12.1. The van der Waals surface area contributed by atoms with Crippen LogP contribution in [0.4, 0.5) is 0 Å². The summed E-state index contributed by atoms with van der Waals surface area (Å²) in [5.41, 5.74) is 1.80. The number of thiophene rings is 1. The highest BCUT2D eigenvalue weighted by Crippen LogP contribution is 2.18. The zero-order valence-corrected chi connectivity index (χ0v) is 17.0. The van der Waals surface area contributed by atoms with E-state index in [1.54, 1.807) is 17.4 Å². The van der Waals surface area contributed by atoms with Gasteiger partial charge >= 0.3 is 0 Å². The molecule has 0 fully saturated rings. The number of amides is 1. The van der Waals surface area contributed by atoms with E-state index in [0.717, 1.165) is 23.7 Å². The SMILES string of the molecule is CCN(Cc1ccccc1)Cc1ccc(C(=O)NC(C)c2cccs2)c(=O)[nH]1. The number of H-pyrrole nitrogens is 1. The van der Waals surface area contributed by atoms with Crippen LogP contribution in [-0.4, -0.2) is 22.3 Å². The first-order valence-corrected chi connectivity index (χ1v) is 10.3. The maximum Gasteiger partial charge on any atom is 0.261 e. The molecule has 2 aromatic heterocycles. The second kappa shape index (κ2) is 9.48. The van der Waals surface area contributed by atoms with Crippen molar-refractivity contribution in [3.05, 3.63) is 92.0 Å². The van der Waals surface area contributed by atoms with E-state index in [-0.39, 0.29) is 23.1 Å². The predicted octanol–water partition coefficient (Wildman–Crippen LogP) is 3.95. The summed E-state index contributed by atoms with van der Waals surface area (Å²) in [5.74, 6) is -0.356. The van der Waals surface area contributed by atoms with E-state index in [9.17, 15) is 9.59 Å². The van der Waals surface area contributed by atoms with Crippen LogP contribution in [-0.2, 0) is 13.1 Å². The number of nitrogens with one attached hydrogen (secondary N) is 2. The lowest BCUT2D eigenvalue weighted by molar-refractivity contribution is 0.0939. The molecule has 1 aromatic carbocycles. The highest BCUT2D eigenvalue weighted by Gasteiger charge is 2.16. The van der Waals surface area contributed by atoms with Crippen molar-refractivity contribution in [1.82, 2.24) is 15.2 Å². The molecule has 0 aliphatic rings. The molecular formula is C22H25N3O2S. The molecule has 6 heteroatoms. The molecule has 0 aliphatic carbocycles. The first kappa shape index (κ1) is 20.0. The summed E-state index contributed by atoms with van der Waals surface area (Å²) in [7, 11) is 0. The van der Waals surface area contributed by atoms with Gasteiger partial charge in [-0.2, -0.15) is 0 Å². The van der Waals surface area contributed by atoms with E-state index in [0.29, 0.717) is 6.54 Å². The van der Waals surface area contributed by atoms with Gasteiger partial charge in [0, 0.05) is 23.7 Å². The van der Waals surface area contributed by atoms with Crippen molar-refractivity contribution >= 4 is 17.2 Å². The molecule has 0 radical (unpaired) electrons. The molecule has 1 atom stereocenters. The molecule has 2 N–H and O–H groups in total. The number of hydrogen-bond acceptors (Lipinski definition) is 4. The summed E-state index contributed by atoms with van der Waals surface area (Å²) in [6.07, 6.45) is 0. The number of carbonyl (C=O) groups is 1. The van der Waals surface area contributed by atoms with E-state index in [2.05, 4.69) is 34.3 Å². The maximum atomic E-state index is 12.5. The number of rotatable bonds is 8. The van der Waals surface area contributed by atoms with Crippen LogP contribution < -0.4 is 10.9 Å². The van der Waals surface area contributed by atoms with Crippen molar-refractivity contribution in [2.24, 2.45) is 0 Å². The molecule has 0 bridgehead atoms. The number of nitrogens with zero attached hydrogens (tertiary/aromatic N) is 1. The van der Waals surface area contributed by atoms with Crippen molar-refractivity contribution in [2.75, 3.05) is 6.54 Å². The van der Waals surface area contributed by atoms with Crippen LogP contribution in [0.3, 0.4) is 0 Å². The average molecular weight is 396 g/mol. The van der Waals surface area contributed by atoms with Gasteiger partial charge in [-0.3, -0.25) is 14.5 Å². The van der Waals surface area contributed by atoms with Gasteiger partial charge in [0.25, 0.3) is 11.5 Å². The number of benzene rings is 1. The predicted molar refractivity (Wildman–Crippen MR) is 113 cm³/mol. The molecule has 0 spiro atoms. The van der Waals surface area contributed by atoms with E-state index in [4.69, 9.17) is 0 Å². The molecule has 1 amide bonds. The van der Waals surface area contributed by atoms with E-state index < -0.39 is 0 Å². The molecular weight excluding hydrogens is 370 g/mol. The molecule has 0 saturated heterocycles. The average Bonchev–Trinajstić information content (AvgIpc) is 3.23. The number of pyridine rings is 1. The number of aromatic amines is 1. The lowest BCUT2D eigenvalue weighted by Gasteiger charge is -2.20. The van der Waals surface area contributed by atoms with Crippen LogP contribution in [0.1, 0.15) is 46.4 Å². The fraction of sp³-hybridized carbons (Fsp3) is 0.273. The van der Waals surface area contributed by atoms with Crippen LogP contribution in [0.5, 0.6) is 0 Å². The van der Waals surface area contributed by atoms with Crippen molar-refractivity contribution in [1.29, 1.82) is 0 Å². The monoisotopic (exact) mass is 395 g/mol. The van der Waals surface area contributed by atoms with Crippen molar-refractivity contribution < 1.29 is 4.79 Å². The number of aromatic nitrogens is 1. The first-order valence-electron chi connectivity index (χ1n) is 9.39. The van der Waals surface area contributed by atoms with Gasteiger partial charge in [0.2, 0.25) is 0 Å². The fourth-order valence-corrected chi connectivity index (χ4v) is 3.77. The van der Waals surface area contributed by atoms with E-state index >= 15 is 0 Å². The van der Waals surface area contributed by atoms with Crippen LogP contribution in [0, 0.1) is 0 Å². The van der Waals surface area contributed by atoms with Crippen molar-refractivity contribution in [3.63, 3.8) is 0 Å². The van der Waals surface area contributed by atoms with E-state index in [1.165, 1.54) is 5.56 Å². The van der Waals surface area contributed by atoms with Gasteiger partial charge in [0.15, 0.2) is 0 Å². The Morgan fingerprint density at radius 3 is 2.54 bits per heavy atom. The zero-order chi connectivity index (χ0) is 19.9. The van der Waals surface area contributed by atoms with Crippen LogP contribution in [0.15, 0.2) is 64.8 Å². The zero-order valence-electron chi connectivity index (χ0n) is 16.1. The Bertz CT molecular complexity index is 951. The molecule has 2 heterocycles. The van der Waals surface area contributed by atoms with Crippen LogP contribution >= 0.6 is 11.3 Å². The van der Waals surface area contributed by atoms with Gasteiger partial charge in [-0.05, 0) is 42.6 Å². The minimum absolute atomic E-state index is 0.131. The van der Waals surface area contributed by atoms with Crippen LogP contribution in [0.2, 0.25) is 0 Å². The fourth-order valence-electron chi connectivity index (χ4n) is 3.03. The standard InChI is InChI=1S/C22H25N3O2S/c1-3-25(14-17-8-5-4-6-9-17)15-18-11-12-19(22(27)24-18)21(26)23-16(2)20-10-7-13-28-20/h4-13,16H,3,14-15H2,1-2H3,(H,23,26)(H,24,27). The summed E-state index contributed by atoms with van der Waals surface area (Å²) in [4.78, 5) is 31.1. The second-order valence-corrected chi connectivity index (χ2v) is 7.71. The van der Waals surface area contributed by atoms with Gasteiger partial charge in [-0.15, -0.1) is 11.3 Å². The Kier molecular flexibility index (Phi) is 6.79. The Hall–Kier alpha value is -2.70. The Morgan fingerprint density at radius 2 is 1.89 bits per heavy atom. The molecule has 1 unspecified atom stereocenters. The van der Waals surface area contributed by atoms with Gasteiger partial charge in [0.05, 0.1) is 6.04 Å². The molecule has 5 nitrogen and oxygen atoms in total. The number of carbonyl (C=O) groups excluding carboxylic acids is 1. The number of hydrogen-bond donors (Lipinski definition) is 2.